The van der Waals surface area contributed by atoms with Gasteiger partial charge in [-0.15, -0.1) is 0 Å². The SMILES string of the molecule is Cc1ccc(C(C)(C)c2cccc(C)c2)cc1.Cc1ccc(C(c2cccc(C)c2)(C(F)(F)F)C(F)(F)F)cc1. The molecule has 0 aliphatic rings. The van der Waals surface area contributed by atoms with Crippen LogP contribution < -0.4 is 0 Å². The van der Waals surface area contributed by atoms with E-state index in [1.54, 1.807) is 6.92 Å². The van der Waals surface area contributed by atoms with Crippen molar-refractivity contribution in [1.29, 1.82) is 0 Å². The quantitative estimate of drug-likeness (QED) is 0.219. The highest BCUT2D eigenvalue weighted by molar-refractivity contribution is 5.46. The Balaban J connectivity index is 0.000000230. The molecular formula is C34H34F6. The van der Waals surface area contributed by atoms with Gasteiger partial charge in [-0.3, -0.25) is 0 Å². The Labute approximate surface area is 232 Å². The molecule has 0 N–H and O–H groups in total. The maximum Gasteiger partial charge on any atom is 0.411 e. The lowest BCUT2D eigenvalue weighted by molar-refractivity contribution is -0.288. The molecule has 0 aliphatic carbocycles. The van der Waals surface area contributed by atoms with Crippen molar-refractivity contribution in [2.24, 2.45) is 0 Å². The Morgan fingerprint density at radius 3 is 1.18 bits per heavy atom. The van der Waals surface area contributed by atoms with Crippen molar-refractivity contribution in [1.82, 2.24) is 0 Å². The predicted octanol–water partition coefficient (Wildman–Crippen LogP) is 10.3. The molecule has 40 heavy (non-hydrogen) atoms. The monoisotopic (exact) mass is 556 g/mol. The molecule has 0 fully saturated rings. The summed E-state index contributed by atoms with van der Waals surface area (Å²) in [6.07, 6.45) is -11.1. The van der Waals surface area contributed by atoms with E-state index in [2.05, 4.69) is 76.2 Å². The van der Waals surface area contributed by atoms with Crippen LogP contribution in [0.2, 0.25) is 0 Å². The van der Waals surface area contributed by atoms with Crippen LogP contribution in [0, 0.1) is 27.7 Å². The molecule has 0 saturated heterocycles. The first kappa shape index (κ1) is 31.0. The van der Waals surface area contributed by atoms with E-state index in [1.165, 1.54) is 53.4 Å². The molecule has 0 aliphatic heterocycles. The van der Waals surface area contributed by atoms with Crippen molar-refractivity contribution >= 4 is 0 Å². The summed E-state index contributed by atoms with van der Waals surface area (Å²) in [4.78, 5) is 0. The molecule has 0 radical (unpaired) electrons. The first-order valence-corrected chi connectivity index (χ1v) is 12.9. The Hall–Kier alpha value is -3.54. The summed E-state index contributed by atoms with van der Waals surface area (Å²) in [6.45, 7) is 11.9. The van der Waals surface area contributed by atoms with Crippen molar-refractivity contribution < 1.29 is 26.3 Å². The number of halogens is 6. The van der Waals surface area contributed by atoms with Gasteiger partial charge in [-0.25, -0.2) is 0 Å². The highest BCUT2D eigenvalue weighted by Crippen LogP contribution is 2.56. The summed E-state index contributed by atoms with van der Waals surface area (Å²) in [5.74, 6) is 0. The van der Waals surface area contributed by atoms with Crippen LogP contribution >= 0.6 is 0 Å². The largest absolute Gasteiger partial charge is 0.411 e. The average Bonchev–Trinajstić information content (AvgIpc) is 2.85. The van der Waals surface area contributed by atoms with Gasteiger partial charge in [-0.1, -0.05) is 133 Å². The van der Waals surface area contributed by atoms with E-state index in [1.807, 2.05) is 0 Å². The van der Waals surface area contributed by atoms with Crippen LogP contribution in [-0.2, 0) is 10.8 Å². The number of benzene rings is 4. The third kappa shape index (κ3) is 6.27. The zero-order valence-electron chi connectivity index (χ0n) is 23.5. The van der Waals surface area contributed by atoms with Gasteiger partial charge < -0.3 is 0 Å². The molecule has 0 atom stereocenters. The van der Waals surface area contributed by atoms with Crippen molar-refractivity contribution in [3.05, 3.63) is 142 Å². The fourth-order valence-corrected chi connectivity index (χ4v) is 4.83. The maximum absolute atomic E-state index is 13.8. The maximum atomic E-state index is 13.8. The lowest BCUT2D eigenvalue weighted by Crippen LogP contribution is -2.54. The van der Waals surface area contributed by atoms with Gasteiger partial charge in [0.1, 0.15) is 0 Å². The topological polar surface area (TPSA) is 0 Å². The number of hydrogen-bond donors (Lipinski definition) is 0. The highest BCUT2D eigenvalue weighted by Gasteiger charge is 2.72. The lowest BCUT2D eigenvalue weighted by atomic mass is 9.72. The minimum absolute atomic E-state index is 0.0692. The Kier molecular flexibility index (Phi) is 8.93. The van der Waals surface area contributed by atoms with Gasteiger partial charge in [-0.05, 0) is 49.9 Å². The van der Waals surface area contributed by atoms with E-state index in [9.17, 15) is 26.3 Å². The summed E-state index contributed by atoms with van der Waals surface area (Å²) in [7, 11) is 0. The molecule has 212 valence electrons. The van der Waals surface area contributed by atoms with Crippen LogP contribution in [0.1, 0.15) is 58.4 Å². The fraction of sp³-hybridized carbons (Fsp3) is 0.294. The first-order valence-electron chi connectivity index (χ1n) is 12.9. The van der Waals surface area contributed by atoms with E-state index in [-0.39, 0.29) is 5.41 Å². The van der Waals surface area contributed by atoms with Gasteiger partial charge in [0.05, 0.1) is 0 Å². The van der Waals surface area contributed by atoms with E-state index in [0.717, 1.165) is 24.3 Å². The van der Waals surface area contributed by atoms with Gasteiger partial charge in [0.25, 0.3) is 0 Å². The summed E-state index contributed by atoms with van der Waals surface area (Å²) in [5.41, 5.74) is 0.629. The number of alkyl halides is 6. The molecule has 0 nitrogen and oxygen atoms in total. The summed E-state index contributed by atoms with van der Waals surface area (Å²) in [5, 5.41) is 0. The number of hydrogen-bond acceptors (Lipinski definition) is 0. The van der Waals surface area contributed by atoms with Gasteiger partial charge >= 0.3 is 12.4 Å². The zero-order chi connectivity index (χ0) is 29.9. The number of aryl methyl sites for hydroxylation is 4. The molecule has 0 unspecified atom stereocenters. The van der Waals surface area contributed by atoms with Crippen molar-refractivity contribution in [3.63, 3.8) is 0 Å². The minimum Gasteiger partial charge on any atom is -0.169 e. The van der Waals surface area contributed by atoms with Crippen LogP contribution in [0.3, 0.4) is 0 Å². The molecular weight excluding hydrogens is 522 g/mol. The molecule has 6 heteroatoms. The van der Waals surface area contributed by atoms with Crippen LogP contribution in [0.4, 0.5) is 26.3 Å². The van der Waals surface area contributed by atoms with E-state index in [0.29, 0.717) is 11.1 Å². The molecule has 0 amide bonds. The summed E-state index contributed by atoms with van der Waals surface area (Å²) >= 11 is 0. The van der Waals surface area contributed by atoms with Gasteiger partial charge in [-0.2, -0.15) is 26.3 Å². The van der Waals surface area contributed by atoms with Gasteiger partial charge in [0.2, 0.25) is 5.41 Å². The minimum atomic E-state index is -5.53. The van der Waals surface area contributed by atoms with Gasteiger partial charge in [0, 0.05) is 5.41 Å². The smallest absolute Gasteiger partial charge is 0.169 e. The Morgan fingerprint density at radius 2 is 0.775 bits per heavy atom. The summed E-state index contributed by atoms with van der Waals surface area (Å²) in [6, 6.07) is 26.3. The molecule has 0 heterocycles. The first-order chi connectivity index (χ1) is 18.5. The van der Waals surface area contributed by atoms with E-state index < -0.39 is 28.9 Å². The van der Waals surface area contributed by atoms with Gasteiger partial charge in [0.15, 0.2) is 0 Å². The lowest BCUT2D eigenvalue weighted by Gasteiger charge is -2.38. The van der Waals surface area contributed by atoms with Crippen molar-refractivity contribution in [2.75, 3.05) is 0 Å². The molecule has 0 spiro atoms. The standard InChI is InChI=1S/C17H14F6.C17H20/c1-11-6-8-13(9-7-11)15(16(18,19)20,17(21,22)23)14-5-3-4-12(2)10-14;1-13-8-10-15(11-9-13)17(3,4)16-7-5-6-14(2)12-16/h3-10H,1-2H3;5-12H,1-4H3. The third-order valence-electron chi connectivity index (χ3n) is 7.30. The molecule has 4 aromatic carbocycles. The van der Waals surface area contributed by atoms with Crippen LogP contribution in [0.5, 0.6) is 0 Å². The summed E-state index contributed by atoms with van der Waals surface area (Å²) < 4.78 is 82.5. The highest BCUT2D eigenvalue weighted by atomic mass is 19.4. The molecule has 0 bridgehead atoms. The van der Waals surface area contributed by atoms with Crippen LogP contribution in [-0.4, -0.2) is 12.4 Å². The number of rotatable bonds is 4. The average molecular weight is 557 g/mol. The molecule has 0 aromatic heterocycles. The second kappa shape index (κ2) is 11.5. The fourth-order valence-electron chi connectivity index (χ4n) is 4.83. The Morgan fingerprint density at radius 1 is 0.400 bits per heavy atom. The van der Waals surface area contributed by atoms with Crippen LogP contribution in [0.25, 0.3) is 0 Å². The van der Waals surface area contributed by atoms with Crippen molar-refractivity contribution in [2.45, 2.75) is 64.7 Å². The second-order valence-corrected chi connectivity index (χ2v) is 10.8. The van der Waals surface area contributed by atoms with E-state index in [4.69, 9.17) is 0 Å². The molecule has 4 aromatic rings. The Bertz CT molecular complexity index is 1390. The second-order valence-electron chi connectivity index (χ2n) is 10.8. The third-order valence-corrected chi connectivity index (χ3v) is 7.30. The van der Waals surface area contributed by atoms with E-state index >= 15 is 0 Å². The normalized spacial score (nSPS) is 12.5. The predicted molar refractivity (Wildman–Crippen MR) is 150 cm³/mol. The zero-order valence-corrected chi connectivity index (χ0v) is 23.5. The molecule has 4 rings (SSSR count). The molecule has 0 saturated carbocycles. The van der Waals surface area contributed by atoms with Crippen LogP contribution in [0.15, 0.2) is 97.1 Å². The van der Waals surface area contributed by atoms with Crippen molar-refractivity contribution in [3.8, 4) is 0 Å².